The van der Waals surface area contributed by atoms with Crippen molar-refractivity contribution in [1.29, 1.82) is 0 Å². The summed E-state index contributed by atoms with van der Waals surface area (Å²) in [4.78, 5) is 11.9. The smallest absolute Gasteiger partial charge is 0.185 e. The van der Waals surface area contributed by atoms with Gasteiger partial charge in [-0.15, -0.1) is 0 Å². The fourth-order valence-corrected chi connectivity index (χ4v) is 1.60. The molecule has 0 heterocycles. The van der Waals surface area contributed by atoms with Gasteiger partial charge in [0.2, 0.25) is 0 Å². The molecule has 2 nitrogen and oxygen atoms in total. The molecule has 2 aromatic rings. The minimum atomic E-state index is -0.293. The Labute approximate surface area is 111 Å². The summed E-state index contributed by atoms with van der Waals surface area (Å²) in [5, 5.41) is 0. The van der Waals surface area contributed by atoms with Gasteiger partial charge in [0.25, 0.3) is 0 Å². The largest absolute Gasteiger partial charge is 0.497 e. The number of hydrogen-bond acceptors (Lipinski definition) is 2. The van der Waals surface area contributed by atoms with Gasteiger partial charge in [-0.3, -0.25) is 4.79 Å². The second kappa shape index (κ2) is 5.96. The maximum absolute atomic E-state index is 12.7. The Hall–Kier alpha value is -2.42. The fourth-order valence-electron chi connectivity index (χ4n) is 1.60. The van der Waals surface area contributed by atoms with Crippen molar-refractivity contribution in [3.05, 3.63) is 71.6 Å². The number of allylic oxidation sites excluding steroid dienone is 1. The summed E-state index contributed by atoms with van der Waals surface area (Å²) in [6.45, 7) is 0. The third-order valence-electron chi connectivity index (χ3n) is 2.67. The van der Waals surface area contributed by atoms with E-state index in [2.05, 4.69) is 0 Å². The first-order chi connectivity index (χ1) is 9.19. The Kier molecular flexibility index (Phi) is 4.08. The fraction of sp³-hybridized carbons (Fsp3) is 0.0625. The van der Waals surface area contributed by atoms with Crippen LogP contribution in [0.5, 0.6) is 5.75 Å². The highest BCUT2D eigenvalue weighted by molar-refractivity contribution is 6.06. The number of ketones is 1. The molecule has 0 saturated carbocycles. The van der Waals surface area contributed by atoms with Crippen LogP contribution in [0.15, 0.2) is 54.6 Å². The summed E-state index contributed by atoms with van der Waals surface area (Å²) in [5.41, 5.74) is 1.36. The molecule has 0 aromatic heterocycles. The maximum atomic E-state index is 12.7. The number of carbonyl (C=O) groups excluding carboxylic acids is 1. The summed E-state index contributed by atoms with van der Waals surface area (Å²) in [5.74, 6) is 0.310. The van der Waals surface area contributed by atoms with Crippen molar-refractivity contribution in [2.75, 3.05) is 7.11 Å². The van der Waals surface area contributed by atoms with E-state index in [9.17, 15) is 9.18 Å². The average molecular weight is 256 g/mol. The number of halogens is 1. The summed E-state index contributed by atoms with van der Waals surface area (Å²) in [6, 6.07) is 12.8. The molecule has 0 atom stereocenters. The Bertz CT molecular complexity index is 583. The number of benzene rings is 2. The summed E-state index contributed by atoms with van der Waals surface area (Å²) in [7, 11) is 1.57. The highest BCUT2D eigenvalue weighted by atomic mass is 19.1. The minimum absolute atomic E-state index is 0.105. The first-order valence-corrected chi connectivity index (χ1v) is 5.81. The van der Waals surface area contributed by atoms with Crippen molar-refractivity contribution in [3.63, 3.8) is 0 Å². The van der Waals surface area contributed by atoms with Gasteiger partial charge in [-0.05, 0) is 48.0 Å². The minimum Gasteiger partial charge on any atom is -0.497 e. The zero-order chi connectivity index (χ0) is 13.7. The van der Waals surface area contributed by atoms with Crippen molar-refractivity contribution < 1.29 is 13.9 Å². The van der Waals surface area contributed by atoms with Gasteiger partial charge < -0.3 is 4.74 Å². The van der Waals surface area contributed by atoms with Crippen molar-refractivity contribution >= 4 is 11.9 Å². The topological polar surface area (TPSA) is 26.3 Å². The normalized spacial score (nSPS) is 10.6. The molecule has 0 unspecified atom stereocenters. The lowest BCUT2D eigenvalue weighted by Gasteiger charge is -2.00. The molecule has 0 aliphatic carbocycles. The van der Waals surface area contributed by atoms with Crippen LogP contribution in [0.3, 0.4) is 0 Å². The summed E-state index contributed by atoms with van der Waals surface area (Å²) >= 11 is 0. The van der Waals surface area contributed by atoms with Crippen LogP contribution in [0.25, 0.3) is 6.08 Å². The van der Waals surface area contributed by atoms with Gasteiger partial charge in [-0.25, -0.2) is 4.39 Å². The molecule has 96 valence electrons. The molecule has 0 spiro atoms. The van der Waals surface area contributed by atoms with E-state index >= 15 is 0 Å². The van der Waals surface area contributed by atoms with E-state index < -0.39 is 0 Å². The predicted octanol–water partition coefficient (Wildman–Crippen LogP) is 3.73. The Morgan fingerprint density at radius 3 is 2.26 bits per heavy atom. The second-order valence-corrected chi connectivity index (χ2v) is 3.98. The molecule has 0 amide bonds. The van der Waals surface area contributed by atoms with Crippen LogP contribution in [-0.2, 0) is 0 Å². The lowest BCUT2D eigenvalue weighted by atomic mass is 10.1. The van der Waals surface area contributed by atoms with Crippen LogP contribution >= 0.6 is 0 Å². The Morgan fingerprint density at radius 2 is 1.68 bits per heavy atom. The van der Waals surface area contributed by atoms with Gasteiger partial charge in [0.05, 0.1) is 7.11 Å². The van der Waals surface area contributed by atoms with Gasteiger partial charge in [0, 0.05) is 5.56 Å². The summed E-state index contributed by atoms with van der Waals surface area (Å²) in [6.07, 6.45) is 3.13. The van der Waals surface area contributed by atoms with E-state index in [1.165, 1.54) is 18.2 Å². The van der Waals surface area contributed by atoms with Crippen LogP contribution in [-0.4, -0.2) is 12.9 Å². The van der Waals surface area contributed by atoms with E-state index in [0.29, 0.717) is 11.3 Å². The predicted molar refractivity (Wildman–Crippen MR) is 72.8 cm³/mol. The zero-order valence-corrected chi connectivity index (χ0v) is 10.5. The highest BCUT2D eigenvalue weighted by Crippen LogP contribution is 2.13. The van der Waals surface area contributed by atoms with E-state index in [4.69, 9.17) is 4.74 Å². The van der Waals surface area contributed by atoms with Crippen molar-refractivity contribution in [2.24, 2.45) is 0 Å². The van der Waals surface area contributed by atoms with E-state index in [1.54, 1.807) is 49.6 Å². The second-order valence-electron chi connectivity index (χ2n) is 3.98. The molecule has 2 rings (SSSR count). The molecule has 0 fully saturated rings. The quantitative estimate of drug-likeness (QED) is 0.615. The summed E-state index contributed by atoms with van der Waals surface area (Å²) < 4.78 is 17.7. The van der Waals surface area contributed by atoms with Gasteiger partial charge in [0.15, 0.2) is 5.78 Å². The Morgan fingerprint density at radius 1 is 1.05 bits per heavy atom. The van der Waals surface area contributed by atoms with Crippen LogP contribution in [0, 0.1) is 5.82 Å². The molecule has 0 N–H and O–H groups in total. The number of rotatable bonds is 4. The van der Waals surface area contributed by atoms with Crippen molar-refractivity contribution in [2.45, 2.75) is 0 Å². The van der Waals surface area contributed by atoms with Gasteiger partial charge in [-0.2, -0.15) is 0 Å². The van der Waals surface area contributed by atoms with Crippen molar-refractivity contribution in [3.8, 4) is 5.75 Å². The first-order valence-electron chi connectivity index (χ1n) is 5.81. The van der Waals surface area contributed by atoms with Crippen LogP contribution in [0.4, 0.5) is 4.39 Å². The maximum Gasteiger partial charge on any atom is 0.185 e. The zero-order valence-electron chi connectivity index (χ0n) is 10.5. The van der Waals surface area contributed by atoms with E-state index in [1.807, 2.05) is 0 Å². The Balaban J connectivity index is 2.09. The molecular weight excluding hydrogens is 243 g/mol. The van der Waals surface area contributed by atoms with E-state index in [-0.39, 0.29) is 11.6 Å². The average Bonchev–Trinajstić information content (AvgIpc) is 2.46. The molecule has 0 aliphatic heterocycles. The van der Waals surface area contributed by atoms with E-state index in [0.717, 1.165) is 5.56 Å². The molecule has 0 saturated heterocycles. The van der Waals surface area contributed by atoms with Gasteiger partial charge >= 0.3 is 0 Å². The first kappa shape index (κ1) is 13.0. The monoisotopic (exact) mass is 256 g/mol. The molecule has 0 bridgehead atoms. The number of methoxy groups -OCH3 is 1. The van der Waals surface area contributed by atoms with Gasteiger partial charge in [0.1, 0.15) is 11.6 Å². The molecular formula is C16H13FO2. The number of ether oxygens (including phenoxy) is 1. The molecule has 0 radical (unpaired) electrons. The molecule has 2 aromatic carbocycles. The van der Waals surface area contributed by atoms with Crippen LogP contribution < -0.4 is 4.74 Å². The lowest BCUT2D eigenvalue weighted by molar-refractivity contribution is 0.104. The van der Waals surface area contributed by atoms with Crippen LogP contribution in [0.1, 0.15) is 15.9 Å². The third-order valence-corrected chi connectivity index (χ3v) is 2.67. The van der Waals surface area contributed by atoms with Crippen LogP contribution in [0.2, 0.25) is 0 Å². The lowest BCUT2D eigenvalue weighted by Crippen LogP contribution is -1.94. The molecule has 0 aliphatic rings. The van der Waals surface area contributed by atoms with Gasteiger partial charge in [-0.1, -0.05) is 18.2 Å². The molecule has 3 heteroatoms. The highest BCUT2D eigenvalue weighted by Gasteiger charge is 2.01. The standard InChI is InChI=1S/C16H13FO2/c1-19-15-9-5-13(6-10-15)16(18)11-4-12-2-7-14(17)8-3-12/h2-11H,1H3/b11-4+. The third kappa shape index (κ3) is 3.52. The number of hydrogen-bond donors (Lipinski definition) is 0. The number of carbonyl (C=O) groups is 1. The molecule has 19 heavy (non-hydrogen) atoms. The van der Waals surface area contributed by atoms with Crippen molar-refractivity contribution in [1.82, 2.24) is 0 Å². The SMILES string of the molecule is COc1ccc(C(=O)/C=C/c2ccc(F)cc2)cc1.